The average molecular weight is 1090 g/mol. The largest absolute Gasteiger partial charge is 0.466 e. The molecule has 6 N–H and O–H groups in total. The first-order valence-electron chi connectivity index (χ1n) is 33.1. The van der Waals surface area contributed by atoms with E-state index in [1.165, 1.54) is 238 Å². The van der Waals surface area contributed by atoms with Crippen molar-refractivity contribution < 1.29 is 49.3 Å². The third-order valence-electron chi connectivity index (χ3n) is 15.8. The normalized spacial score (nSPS) is 18.7. The highest BCUT2D eigenvalue weighted by Crippen LogP contribution is 2.23. The number of amides is 1. The van der Waals surface area contributed by atoms with E-state index in [0.29, 0.717) is 19.4 Å². The number of nitrogens with one attached hydrogen (secondary N) is 1. The van der Waals surface area contributed by atoms with Crippen LogP contribution < -0.4 is 5.32 Å². The van der Waals surface area contributed by atoms with E-state index < -0.39 is 49.5 Å². The van der Waals surface area contributed by atoms with Gasteiger partial charge in [-0.2, -0.15) is 0 Å². The Balaban J connectivity index is 1.95. The number of hydrogen-bond donors (Lipinski definition) is 6. The Morgan fingerprint density at radius 1 is 0.468 bits per heavy atom. The Kier molecular flexibility index (Phi) is 53.2. The van der Waals surface area contributed by atoms with Gasteiger partial charge in [-0.3, -0.25) is 9.59 Å². The molecular weight excluding hydrogens is 967 g/mol. The molecule has 0 bridgehead atoms. The fraction of sp³-hybridized carbons (Fsp3) is 0.909. The first-order valence-corrected chi connectivity index (χ1v) is 33.1. The summed E-state index contributed by atoms with van der Waals surface area (Å²) in [6.07, 6.45) is 58.8. The summed E-state index contributed by atoms with van der Waals surface area (Å²) in [5.41, 5.74) is 0. The molecule has 1 fully saturated rings. The lowest BCUT2D eigenvalue weighted by atomic mass is 9.99. The zero-order valence-corrected chi connectivity index (χ0v) is 50.2. The summed E-state index contributed by atoms with van der Waals surface area (Å²) in [5, 5.41) is 54.2. The Morgan fingerprint density at radius 2 is 0.831 bits per heavy atom. The van der Waals surface area contributed by atoms with Gasteiger partial charge in [-0.1, -0.05) is 276 Å². The van der Waals surface area contributed by atoms with Crippen molar-refractivity contribution in [3.63, 3.8) is 0 Å². The molecule has 0 saturated carbocycles. The summed E-state index contributed by atoms with van der Waals surface area (Å²) in [5.74, 6) is -0.176. The molecule has 0 aromatic rings. The summed E-state index contributed by atoms with van der Waals surface area (Å²) in [7, 11) is 0. The molecule has 11 heteroatoms. The van der Waals surface area contributed by atoms with Crippen LogP contribution in [0.5, 0.6) is 0 Å². The summed E-state index contributed by atoms with van der Waals surface area (Å²) < 4.78 is 16.7. The van der Waals surface area contributed by atoms with Crippen molar-refractivity contribution in [2.24, 2.45) is 0 Å². The summed E-state index contributed by atoms with van der Waals surface area (Å²) in [6.45, 7) is 4.34. The Labute approximate surface area is 473 Å². The Hall–Kier alpha value is -1.86. The van der Waals surface area contributed by atoms with Gasteiger partial charge in [0.1, 0.15) is 24.4 Å². The highest BCUT2D eigenvalue weighted by atomic mass is 16.7. The van der Waals surface area contributed by atoms with Crippen LogP contribution in [0.3, 0.4) is 0 Å². The van der Waals surface area contributed by atoms with Crippen molar-refractivity contribution in [1.82, 2.24) is 5.32 Å². The van der Waals surface area contributed by atoms with Crippen LogP contribution in [0.15, 0.2) is 24.3 Å². The van der Waals surface area contributed by atoms with Crippen molar-refractivity contribution in [3.05, 3.63) is 24.3 Å². The van der Waals surface area contributed by atoms with Crippen LogP contribution in [0.1, 0.15) is 322 Å². The molecular formula is C66H125NO10. The fourth-order valence-electron chi connectivity index (χ4n) is 10.5. The smallest absolute Gasteiger partial charge is 0.305 e. The summed E-state index contributed by atoms with van der Waals surface area (Å²) in [6, 6.07) is -0.809. The standard InChI is InChI=1S/C66H125NO10/c1-3-5-7-9-11-13-14-30-34-38-42-46-50-54-62(71)75-55-51-47-43-39-35-32-29-27-25-23-21-19-17-15-16-18-20-22-24-26-28-31-33-37-41-45-49-53-61(70)67-58(59(69)52-48-44-40-36-12-10-8-6-4-2)57-76-66-65(74)64(73)63(72)60(56-68)77-66/h15-16,48,52,58-60,63-66,68-69,72-74H,3-14,17-47,49-51,53-57H2,1-2H3,(H,67,70)/b16-15-,52-48+. The Bertz CT molecular complexity index is 1330. The van der Waals surface area contributed by atoms with Gasteiger partial charge in [-0.25, -0.2) is 0 Å². The molecule has 1 amide bonds. The van der Waals surface area contributed by atoms with E-state index in [4.69, 9.17) is 14.2 Å². The molecule has 0 radical (unpaired) electrons. The molecule has 7 unspecified atom stereocenters. The van der Waals surface area contributed by atoms with Gasteiger partial charge in [0.15, 0.2) is 6.29 Å². The van der Waals surface area contributed by atoms with E-state index in [1.807, 2.05) is 6.08 Å². The number of ether oxygens (including phenoxy) is 3. The van der Waals surface area contributed by atoms with Gasteiger partial charge in [0.2, 0.25) is 5.91 Å². The van der Waals surface area contributed by atoms with Gasteiger partial charge in [-0.15, -0.1) is 0 Å². The SMILES string of the molecule is CCCCCCCCC/C=C/C(O)C(COC1OC(CO)C(O)C(O)C1O)NC(=O)CCCCCCCCCCCCC/C=C\CCCCCCCCCCCCCCOC(=O)CCCCCCCCCCCCCCC. The molecule has 7 atom stereocenters. The molecule has 0 spiro atoms. The van der Waals surface area contributed by atoms with Crippen LogP contribution >= 0.6 is 0 Å². The minimum atomic E-state index is -1.57. The molecule has 11 nitrogen and oxygen atoms in total. The molecule has 0 aromatic heterocycles. The number of esters is 1. The first-order chi connectivity index (χ1) is 37.7. The number of aliphatic hydroxyl groups is 5. The minimum Gasteiger partial charge on any atom is -0.466 e. The van der Waals surface area contributed by atoms with E-state index >= 15 is 0 Å². The van der Waals surface area contributed by atoms with Crippen molar-refractivity contribution in [3.8, 4) is 0 Å². The van der Waals surface area contributed by atoms with Gasteiger partial charge in [0.25, 0.3) is 0 Å². The summed E-state index contributed by atoms with van der Waals surface area (Å²) in [4.78, 5) is 25.1. The van der Waals surface area contributed by atoms with E-state index in [1.54, 1.807) is 6.08 Å². The average Bonchev–Trinajstić information content (AvgIpc) is 3.43. The van der Waals surface area contributed by atoms with Crippen molar-refractivity contribution in [1.29, 1.82) is 0 Å². The molecule has 1 aliphatic rings. The highest BCUT2D eigenvalue weighted by Gasteiger charge is 2.44. The second kappa shape index (κ2) is 56.0. The molecule has 0 aromatic carbocycles. The highest BCUT2D eigenvalue weighted by molar-refractivity contribution is 5.76. The van der Waals surface area contributed by atoms with Crippen LogP contribution in [0.4, 0.5) is 0 Å². The van der Waals surface area contributed by atoms with Crippen LogP contribution in [0.2, 0.25) is 0 Å². The molecule has 1 aliphatic heterocycles. The van der Waals surface area contributed by atoms with E-state index in [0.717, 1.165) is 57.8 Å². The molecule has 1 heterocycles. The second-order valence-electron chi connectivity index (χ2n) is 23.2. The molecule has 1 rings (SSSR count). The zero-order chi connectivity index (χ0) is 55.9. The molecule has 454 valence electrons. The van der Waals surface area contributed by atoms with Crippen molar-refractivity contribution in [2.75, 3.05) is 19.8 Å². The topological polar surface area (TPSA) is 175 Å². The van der Waals surface area contributed by atoms with Gasteiger partial charge >= 0.3 is 5.97 Å². The van der Waals surface area contributed by atoms with Crippen molar-refractivity contribution in [2.45, 2.75) is 365 Å². The quantitative estimate of drug-likeness (QED) is 0.0195. The van der Waals surface area contributed by atoms with E-state index in [2.05, 4.69) is 31.3 Å². The maximum Gasteiger partial charge on any atom is 0.305 e. The van der Waals surface area contributed by atoms with E-state index in [9.17, 15) is 35.1 Å². The van der Waals surface area contributed by atoms with Crippen LogP contribution in [-0.4, -0.2) is 100 Å². The van der Waals surface area contributed by atoms with Crippen molar-refractivity contribution >= 4 is 11.9 Å². The summed E-state index contributed by atoms with van der Waals surface area (Å²) >= 11 is 0. The maximum absolute atomic E-state index is 13.0. The lowest BCUT2D eigenvalue weighted by Gasteiger charge is -2.40. The number of carbonyl (C=O) groups excluding carboxylic acids is 2. The van der Waals surface area contributed by atoms with Gasteiger partial charge in [0.05, 0.1) is 32.0 Å². The number of carbonyl (C=O) groups is 2. The number of aliphatic hydroxyl groups excluding tert-OH is 5. The van der Waals surface area contributed by atoms with Crippen LogP contribution in [-0.2, 0) is 23.8 Å². The predicted molar refractivity (Wildman–Crippen MR) is 320 cm³/mol. The zero-order valence-electron chi connectivity index (χ0n) is 50.2. The second-order valence-corrected chi connectivity index (χ2v) is 23.2. The van der Waals surface area contributed by atoms with Gasteiger partial charge in [-0.05, 0) is 57.8 Å². The Morgan fingerprint density at radius 3 is 1.25 bits per heavy atom. The third kappa shape index (κ3) is 45.4. The maximum atomic E-state index is 13.0. The van der Waals surface area contributed by atoms with Gasteiger partial charge in [0, 0.05) is 12.8 Å². The number of allylic oxidation sites excluding steroid dienone is 3. The number of hydrogen-bond acceptors (Lipinski definition) is 10. The number of unbranched alkanes of at least 4 members (excludes halogenated alkanes) is 42. The van der Waals surface area contributed by atoms with Crippen LogP contribution in [0.25, 0.3) is 0 Å². The molecule has 0 aliphatic carbocycles. The lowest BCUT2D eigenvalue weighted by molar-refractivity contribution is -0.302. The van der Waals surface area contributed by atoms with E-state index in [-0.39, 0.29) is 18.5 Å². The number of rotatable bonds is 58. The predicted octanol–water partition coefficient (Wildman–Crippen LogP) is 16.1. The fourth-order valence-corrected chi connectivity index (χ4v) is 10.5. The van der Waals surface area contributed by atoms with Crippen LogP contribution in [0, 0.1) is 0 Å². The molecule has 1 saturated heterocycles. The minimum absolute atomic E-state index is 0.00734. The third-order valence-corrected chi connectivity index (χ3v) is 15.8. The molecule has 77 heavy (non-hydrogen) atoms. The first kappa shape index (κ1) is 73.2. The lowest BCUT2D eigenvalue weighted by Crippen LogP contribution is -2.60. The monoisotopic (exact) mass is 1090 g/mol. The van der Waals surface area contributed by atoms with Gasteiger partial charge < -0.3 is 45.1 Å².